The van der Waals surface area contributed by atoms with Crippen LogP contribution in [0.3, 0.4) is 0 Å². The van der Waals surface area contributed by atoms with Gasteiger partial charge in [-0.25, -0.2) is 4.68 Å². The van der Waals surface area contributed by atoms with Crippen molar-refractivity contribution in [3.63, 3.8) is 0 Å². The van der Waals surface area contributed by atoms with E-state index in [9.17, 15) is 9.59 Å². The van der Waals surface area contributed by atoms with Crippen LogP contribution in [0.15, 0.2) is 17.1 Å². The average molecular weight is 385 g/mol. The maximum Gasteiger partial charge on any atom is 0.267 e. The summed E-state index contributed by atoms with van der Waals surface area (Å²) in [6, 6.07) is 1.77. The van der Waals surface area contributed by atoms with Gasteiger partial charge in [-0.05, 0) is 50.0 Å². The summed E-state index contributed by atoms with van der Waals surface area (Å²) < 4.78 is 8.44. The molecular weight excluding hydrogens is 358 g/mol. The fourth-order valence-electron chi connectivity index (χ4n) is 4.23. The number of hydrogen-bond acceptors (Lipinski definition) is 5. The molecule has 0 atom stereocenters. The Bertz CT molecular complexity index is 924. The molecule has 4 rings (SSSR count). The van der Waals surface area contributed by atoms with Crippen LogP contribution in [0.5, 0.6) is 5.88 Å². The Morgan fingerprint density at radius 3 is 2.71 bits per heavy atom. The number of amides is 1. The molecule has 2 aromatic rings. The maximum absolute atomic E-state index is 12.8. The smallest absolute Gasteiger partial charge is 0.267 e. The van der Waals surface area contributed by atoms with Gasteiger partial charge in [0, 0.05) is 38.9 Å². The Hall–Kier alpha value is -2.64. The zero-order valence-corrected chi connectivity index (χ0v) is 16.6. The summed E-state index contributed by atoms with van der Waals surface area (Å²) in [6.07, 6.45) is 7.65. The van der Waals surface area contributed by atoms with Gasteiger partial charge in [-0.3, -0.25) is 14.3 Å². The molecule has 0 bridgehead atoms. The Labute approximate surface area is 164 Å². The average Bonchev–Trinajstić information content (AvgIpc) is 3.09. The highest BCUT2D eigenvalue weighted by atomic mass is 16.5. The fraction of sp³-hybridized carbons (Fsp3) is 0.600. The first kappa shape index (κ1) is 18.7. The number of aromatic nitrogens is 4. The number of carbonyl (C=O) groups excluding carboxylic acids is 1. The molecule has 0 spiro atoms. The summed E-state index contributed by atoms with van der Waals surface area (Å²) in [5.74, 6) is 0.665. The predicted octanol–water partition coefficient (Wildman–Crippen LogP) is 1.42. The number of hydrogen-bond donors (Lipinski definition) is 0. The van der Waals surface area contributed by atoms with Crippen molar-refractivity contribution in [3.05, 3.63) is 39.4 Å². The van der Waals surface area contributed by atoms with E-state index < -0.39 is 0 Å². The van der Waals surface area contributed by atoms with Crippen LogP contribution >= 0.6 is 0 Å². The van der Waals surface area contributed by atoms with E-state index in [4.69, 9.17) is 4.74 Å². The number of likely N-dealkylation sites (tertiary alicyclic amines) is 1. The molecule has 8 nitrogen and oxygen atoms in total. The molecule has 2 aromatic heterocycles. The number of ether oxygens (including phenoxy) is 1. The van der Waals surface area contributed by atoms with E-state index in [1.54, 1.807) is 28.7 Å². The van der Waals surface area contributed by atoms with Gasteiger partial charge in [0.1, 0.15) is 5.56 Å². The van der Waals surface area contributed by atoms with Crippen molar-refractivity contribution >= 4 is 5.91 Å². The lowest BCUT2D eigenvalue weighted by Gasteiger charge is -2.32. The first-order chi connectivity index (χ1) is 13.5. The van der Waals surface area contributed by atoms with Gasteiger partial charge in [-0.1, -0.05) is 0 Å². The van der Waals surface area contributed by atoms with E-state index >= 15 is 0 Å². The summed E-state index contributed by atoms with van der Waals surface area (Å²) in [5, 5.41) is 8.79. The molecule has 2 aliphatic rings. The van der Waals surface area contributed by atoms with Gasteiger partial charge >= 0.3 is 0 Å². The SMILES string of the molecule is COc1nn(C)cc1C(=O)N1CCC(Cn2nc3c(cc2=O)CCCC3)CC1. The Kier molecular flexibility index (Phi) is 5.19. The zero-order valence-electron chi connectivity index (χ0n) is 16.6. The van der Waals surface area contributed by atoms with Crippen molar-refractivity contribution in [2.75, 3.05) is 20.2 Å². The highest BCUT2D eigenvalue weighted by molar-refractivity contribution is 5.96. The number of piperidine rings is 1. The van der Waals surface area contributed by atoms with Crippen LogP contribution in [0.25, 0.3) is 0 Å². The number of methoxy groups -OCH3 is 1. The lowest BCUT2D eigenvalue weighted by molar-refractivity contribution is 0.0677. The van der Waals surface area contributed by atoms with E-state index in [1.807, 2.05) is 4.90 Å². The third-order valence-corrected chi connectivity index (χ3v) is 5.83. The van der Waals surface area contributed by atoms with Crippen LogP contribution in [0, 0.1) is 5.92 Å². The Morgan fingerprint density at radius 1 is 1.21 bits per heavy atom. The van der Waals surface area contributed by atoms with Gasteiger partial charge in [-0.2, -0.15) is 5.10 Å². The number of aryl methyl sites for hydroxylation is 3. The van der Waals surface area contributed by atoms with Gasteiger partial charge in [0.2, 0.25) is 5.88 Å². The van der Waals surface area contributed by atoms with Gasteiger partial charge in [0.15, 0.2) is 0 Å². The van der Waals surface area contributed by atoms with E-state index in [0.717, 1.165) is 49.8 Å². The molecule has 8 heteroatoms. The molecule has 1 aliphatic heterocycles. The van der Waals surface area contributed by atoms with E-state index in [1.165, 1.54) is 7.11 Å². The highest BCUT2D eigenvalue weighted by Crippen LogP contribution is 2.24. The van der Waals surface area contributed by atoms with Crippen LogP contribution < -0.4 is 10.3 Å². The fourth-order valence-corrected chi connectivity index (χ4v) is 4.23. The van der Waals surface area contributed by atoms with Crippen molar-refractivity contribution in [3.8, 4) is 5.88 Å². The highest BCUT2D eigenvalue weighted by Gasteiger charge is 2.27. The maximum atomic E-state index is 12.8. The zero-order chi connectivity index (χ0) is 19.7. The molecule has 1 aliphatic carbocycles. The van der Waals surface area contributed by atoms with Crippen LogP contribution in [-0.2, 0) is 26.4 Å². The quantitative estimate of drug-likeness (QED) is 0.795. The molecule has 1 fully saturated rings. The first-order valence-corrected chi connectivity index (χ1v) is 10.0. The molecule has 150 valence electrons. The number of nitrogens with zero attached hydrogens (tertiary/aromatic N) is 5. The van der Waals surface area contributed by atoms with E-state index in [-0.39, 0.29) is 11.5 Å². The topological polar surface area (TPSA) is 82.2 Å². The Morgan fingerprint density at radius 2 is 1.96 bits per heavy atom. The van der Waals surface area contributed by atoms with Crippen molar-refractivity contribution in [1.82, 2.24) is 24.5 Å². The van der Waals surface area contributed by atoms with Gasteiger partial charge in [-0.15, -0.1) is 5.10 Å². The van der Waals surface area contributed by atoms with Crippen LogP contribution in [0.2, 0.25) is 0 Å². The molecule has 0 N–H and O–H groups in total. The molecule has 1 saturated heterocycles. The van der Waals surface area contributed by atoms with Crippen LogP contribution in [-0.4, -0.2) is 50.6 Å². The van der Waals surface area contributed by atoms with Crippen molar-refractivity contribution in [2.45, 2.75) is 45.1 Å². The third kappa shape index (κ3) is 3.68. The normalized spacial score (nSPS) is 17.4. The summed E-state index contributed by atoms with van der Waals surface area (Å²) in [5.41, 5.74) is 2.70. The van der Waals surface area contributed by atoms with E-state index in [2.05, 4.69) is 10.2 Å². The Balaban J connectivity index is 1.39. The molecule has 0 aromatic carbocycles. The van der Waals surface area contributed by atoms with Crippen molar-refractivity contribution < 1.29 is 9.53 Å². The number of rotatable bonds is 4. The number of fused-ring (bicyclic) bond motifs is 1. The molecule has 28 heavy (non-hydrogen) atoms. The summed E-state index contributed by atoms with van der Waals surface area (Å²) in [7, 11) is 3.30. The second kappa shape index (κ2) is 7.77. The van der Waals surface area contributed by atoms with Crippen LogP contribution in [0.1, 0.15) is 47.3 Å². The van der Waals surface area contributed by atoms with Crippen molar-refractivity contribution in [2.24, 2.45) is 13.0 Å². The number of carbonyl (C=O) groups is 1. The minimum absolute atomic E-state index is 0.000692. The molecule has 0 unspecified atom stereocenters. The third-order valence-electron chi connectivity index (χ3n) is 5.83. The minimum Gasteiger partial charge on any atom is -0.479 e. The predicted molar refractivity (Wildman–Crippen MR) is 104 cm³/mol. The molecular formula is C20H27N5O3. The van der Waals surface area contributed by atoms with Gasteiger partial charge < -0.3 is 9.64 Å². The summed E-state index contributed by atoms with van der Waals surface area (Å²) in [4.78, 5) is 27.1. The standard InChI is InChI=1S/C20H27N5O3/c1-23-13-16(19(22-23)28-2)20(27)24-9-7-14(8-10-24)12-25-18(26)11-15-5-3-4-6-17(15)21-25/h11,13-14H,3-10,12H2,1-2H3. The second-order valence-corrected chi connectivity index (χ2v) is 7.81. The summed E-state index contributed by atoms with van der Waals surface area (Å²) >= 11 is 0. The largest absolute Gasteiger partial charge is 0.479 e. The van der Waals surface area contributed by atoms with E-state index in [0.29, 0.717) is 37.0 Å². The van der Waals surface area contributed by atoms with Gasteiger partial charge in [0.05, 0.1) is 12.8 Å². The molecule has 0 saturated carbocycles. The monoisotopic (exact) mass is 385 g/mol. The minimum atomic E-state index is -0.0486. The van der Waals surface area contributed by atoms with Gasteiger partial charge in [0.25, 0.3) is 11.5 Å². The van der Waals surface area contributed by atoms with Crippen molar-refractivity contribution in [1.29, 1.82) is 0 Å². The summed E-state index contributed by atoms with van der Waals surface area (Å²) in [6.45, 7) is 1.97. The van der Waals surface area contributed by atoms with Crippen LogP contribution in [0.4, 0.5) is 0 Å². The lowest BCUT2D eigenvalue weighted by atomic mass is 9.95. The first-order valence-electron chi connectivity index (χ1n) is 10.0. The lowest BCUT2D eigenvalue weighted by Crippen LogP contribution is -2.40. The second-order valence-electron chi connectivity index (χ2n) is 7.81. The molecule has 1 amide bonds. The molecule has 0 radical (unpaired) electrons. The molecule has 3 heterocycles.